The molecule has 0 radical (unpaired) electrons. The monoisotopic (exact) mass is 409 g/mol. The summed E-state index contributed by atoms with van der Waals surface area (Å²) in [5, 5.41) is 2.94. The standard InChI is InChI=1S/C25H35N3O2/c1-25(2,3)21-7-11-23(12-8-21)30-19-24(29)26-14-13-20-5-9-22(10-6-20)28-17-15-27(4)16-18-28/h5-12H,13-19H2,1-4H3,(H,26,29). The smallest absolute Gasteiger partial charge is 0.257 e. The number of rotatable bonds is 7. The number of benzene rings is 2. The van der Waals surface area contributed by atoms with Gasteiger partial charge in [0.05, 0.1) is 0 Å². The molecular weight excluding hydrogens is 374 g/mol. The van der Waals surface area contributed by atoms with E-state index in [4.69, 9.17) is 4.74 Å². The molecule has 0 saturated carbocycles. The zero-order chi connectivity index (χ0) is 21.6. The summed E-state index contributed by atoms with van der Waals surface area (Å²) >= 11 is 0. The van der Waals surface area contributed by atoms with E-state index in [0.29, 0.717) is 6.54 Å². The first-order valence-corrected chi connectivity index (χ1v) is 10.8. The van der Waals surface area contributed by atoms with E-state index in [9.17, 15) is 4.79 Å². The van der Waals surface area contributed by atoms with Gasteiger partial charge < -0.3 is 19.9 Å². The third kappa shape index (κ3) is 6.49. The van der Waals surface area contributed by atoms with Gasteiger partial charge in [-0.1, -0.05) is 45.0 Å². The molecule has 0 atom stereocenters. The number of hydrogen-bond donors (Lipinski definition) is 1. The maximum Gasteiger partial charge on any atom is 0.257 e. The first-order valence-electron chi connectivity index (χ1n) is 10.8. The highest BCUT2D eigenvalue weighted by atomic mass is 16.5. The van der Waals surface area contributed by atoms with Crippen LogP contribution in [0.25, 0.3) is 0 Å². The Labute approximate surface area is 181 Å². The molecule has 1 saturated heterocycles. The van der Waals surface area contributed by atoms with Crippen molar-refractivity contribution in [3.05, 3.63) is 59.7 Å². The van der Waals surface area contributed by atoms with Crippen molar-refractivity contribution >= 4 is 11.6 Å². The number of ether oxygens (including phenoxy) is 1. The molecule has 5 nitrogen and oxygen atoms in total. The first kappa shape index (κ1) is 22.2. The second-order valence-electron chi connectivity index (χ2n) is 9.12. The van der Waals surface area contributed by atoms with E-state index >= 15 is 0 Å². The van der Waals surface area contributed by atoms with E-state index in [1.54, 1.807) is 0 Å². The molecule has 30 heavy (non-hydrogen) atoms. The predicted molar refractivity (Wildman–Crippen MR) is 124 cm³/mol. The Bertz CT molecular complexity index is 802. The Morgan fingerprint density at radius 3 is 2.20 bits per heavy atom. The molecule has 162 valence electrons. The molecule has 1 aliphatic rings. The lowest BCUT2D eigenvalue weighted by Crippen LogP contribution is -2.44. The number of piperazine rings is 1. The van der Waals surface area contributed by atoms with Gasteiger partial charge in [-0.15, -0.1) is 0 Å². The van der Waals surface area contributed by atoms with Crippen LogP contribution >= 0.6 is 0 Å². The van der Waals surface area contributed by atoms with E-state index in [-0.39, 0.29) is 17.9 Å². The van der Waals surface area contributed by atoms with Crippen LogP contribution in [-0.2, 0) is 16.6 Å². The highest BCUT2D eigenvalue weighted by Crippen LogP contribution is 2.24. The molecule has 0 bridgehead atoms. The second-order valence-corrected chi connectivity index (χ2v) is 9.12. The topological polar surface area (TPSA) is 44.8 Å². The van der Waals surface area contributed by atoms with Crippen molar-refractivity contribution in [1.82, 2.24) is 10.2 Å². The molecule has 1 fully saturated rings. The fourth-order valence-corrected chi connectivity index (χ4v) is 3.54. The molecular formula is C25H35N3O2. The summed E-state index contributed by atoms with van der Waals surface area (Å²) in [6.45, 7) is 11.5. The van der Waals surface area contributed by atoms with E-state index in [1.807, 2.05) is 12.1 Å². The van der Waals surface area contributed by atoms with Crippen LogP contribution in [0.1, 0.15) is 31.9 Å². The van der Waals surface area contributed by atoms with Crippen molar-refractivity contribution < 1.29 is 9.53 Å². The van der Waals surface area contributed by atoms with Gasteiger partial charge in [0.2, 0.25) is 0 Å². The Morgan fingerprint density at radius 1 is 0.967 bits per heavy atom. The SMILES string of the molecule is CN1CCN(c2ccc(CCNC(=O)COc3ccc(C(C)(C)C)cc3)cc2)CC1. The third-order valence-corrected chi connectivity index (χ3v) is 5.63. The van der Waals surface area contributed by atoms with Gasteiger partial charge in [-0.2, -0.15) is 0 Å². The largest absolute Gasteiger partial charge is 0.484 e. The third-order valence-electron chi connectivity index (χ3n) is 5.63. The Hall–Kier alpha value is -2.53. The lowest BCUT2D eigenvalue weighted by Gasteiger charge is -2.34. The number of carbonyl (C=O) groups is 1. The molecule has 1 heterocycles. The fraction of sp³-hybridized carbons (Fsp3) is 0.480. The van der Waals surface area contributed by atoms with Crippen LogP contribution in [0, 0.1) is 0 Å². The van der Waals surface area contributed by atoms with Crippen LogP contribution in [0.3, 0.4) is 0 Å². The summed E-state index contributed by atoms with van der Waals surface area (Å²) in [7, 11) is 2.17. The maximum absolute atomic E-state index is 12.1. The molecule has 2 aromatic rings. The van der Waals surface area contributed by atoms with E-state index in [2.05, 4.69) is 79.3 Å². The molecule has 0 aromatic heterocycles. The zero-order valence-electron chi connectivity index (χ0n) is 18.8. The summed E-state index contributed by atoms with van der Waals surface area (Å²) in [5.74, 6) is 0.626. The minimum absolute atomic E-state index is 0.0389. The summed E-state index contributed by atoms with van der Waals surface area (Å²) in [5.41, 5.74) is 3.87. The molecule has 3 rings (SSSR count). The van der Waals surface area contributed by atoms with Crippen LogP contribution < -0.4 is 15.0 Å². The van der Waals surface area contributed by atoms with Crippen molar-refractivity contribution in [2.75, 3.05) is 51.3 Å². The van der Waals surface area contributed by atoms with Crippen LogP contribution in [-0.4, -0.2) is 57.2 Å². The van der Waals surface area contributed by atoms with Crippen LogP contribution in [0.2, 0.25) is 0 Å². The minimum Gasteiger partial charge on any atom is -0.484 e. The quantitative estimate of drug-likeness (QED) is 0.761. The summed E-state index contributed by atoms with van der Waals surface area (Å²) in [4.78, 5) is 16.9. The van der Waals surface area contributed by atoms with Crippen LogP contribution in [0.15, 0.2) is 48.5 Å². The molecule has 2 aromatic carbocycles. The highest BCUT2D eigenvalue weighted by Gasteiger charge is 2.14. The summed E-state index contributed by atoms with van der Waals surface area (Å²) in [6.07, 6.45) is 0.815. The Kier molecular flexibility index (Phi) is 7.38. The zero-order valence-corrected chi connectivity index (χ0v) is 18.8. The molecule has 1 N–H and O–H groups in total. The van der Waals surface area contributed by atoms with Crippen molar-refractivity contribution in [3.63, 3.8) is 0 Å². The summed E-state index contributed by atoms with van der Waals surface area (Å²) in [6, 6.07) is 16.7. The molecule has 1 aliphatic heterocycles. The molecule has 0 unspecified atom stereocenters. The normalized spacial score (nSPS) is 15.1. The number of amides is 1. The minimum atomic E-state index is -0.0936. The molecule has 5 heteroatoms. The van der Waals surface area contributed by atoms with Gasteiger partial charge in [0.25, 0.3) is 5.91 Å². The van der Waals surface area contributed by atoms with Crippen molar-refractivity contribution in [2.24, 2.45) is 0 Å². The van der Waals surface area contributed by atoms with Gasteiger partial charge in [-0.25, -0.2) is 0 Å². The van der Waals surface area contributed by atoms with Gasteiger partial charge in [0.15, 0.2) is 6.61 Å². The summed E-state index contributed by atoms with van der Waals surface area (Å²) < 4.78 is 5.61. The lowest BCUT2D eigenvalue weighted by molar-refractivity contribution is -0.123. The number of carbonyl (C=O) groups excluding carboxylic acids is 1. The van der Waals surface area contributed by atoms with Crippen molar-refractivity contribution in [1.29, 1.82) is 0 Å². The second kappa shape index (κ2) is 9.98. The van der Waals surface area contributed by atoms with Gasteiger partial charge in [0, 0.05) is 38.4 Å². The first-order chi connectivity index (χ1) is 14.3. The van der Waals surface area contributed by atoms with E-state index in [0.717, 1.165) is 38.3 Å². The molecule has 0 spiro atoms. The molecule has 0 aliphatic carbocycles. The maximum atomic E-state index is 12.1. The predicted octanol–water partition coefficient (Wildman–Crippen LogP) is 3.47. The molecule has 1 amide bonds. The van der Waals surface area contributed by atoms with Gasteiger partial charge in [-0.3, -0.25) is 4.79 Å². The number of hydrogen-bond acceptors (Lipinski definition) is 4. The fourth-order valence-electron chi connectivity index (χ4n) is 3.54. The number of likely N-dealkylation sites (N-methyl/N-ethyl adjacent to an activating group) is 1. The number of anilines is 1. The van der Waals surface area contributed by atoms with E-state index in [1.165, 1.54) is 16.8 Å². The lowest BCUT2D eigenvalue weighted by atomic mass is 9.87. The average Bonchev–Trinajstić information content (AvgIpc) is 2.73. The van der Waals surface area contributed by atoms with Gasteiger partial charge in [0.1, 0.15) is 5.75 Å². The van der Waals surface area contributed by atoms with Crippen LogP contribution in [0.4, 0.5) is 5.69 Å². The Morgan fingerprint density at radius 2 is 1.60 bits per heavy atom. The number of nitrogens with one attached hydrogen (secondary N) is 1. The van der Waals surface area contributed by atoms with Gasteiger partial charge >= 0.3 is 0 Å². The number of nitrogens with zero attached hydrogens (tertiary/aromatic N) is 2. The van der Waals surface area contributed by atoms with E-state index < -0.39 is 0 Å². The Balaban J connectivity index is 1.37. The average molecular weight is 410 g/mol. The van der Waals surface area contributed by atoms with Gasteiger partial charge in [-0.05, 0) is 54.3 Å². The highest BCUT2D eigenvalue weighted by molar-refractivity contribution is 5.77. The van der Waals surface area contributed by atoms with Crippen LogP contribution in [0.5, 0.6) is 5.75 Å². The van der Waals surface area contributed by atoms with Crippen molar-refractivity contribution in [3.8, 4) is 5.75 Å². The van der Waals surface area contributed by atoms with Crippen molar-refractivity contribution in [2.45, 2.75) is 32.6 Å².